The number of benzene rings is 3. The second-order valence-electron chi connectivity index (χ2n) is 7.90. The van der Waals surface area contributed by atoms with E-state index < -0.39 is 27.7 Å². The van der Waals surface area contributed by atoms with Crippen LogP contribution in [0.5, 0.6) is 0 Å². The smallest absolute Gasteiger partial charge is 0.261 e. The van der Waals surface area contributed by atoms with Crippen molar-refractivity contribution in [2.24, 2.45) is 5.73 Å². The first-order chi connectivity index (χ1) is 16.6. The highest BCUT2D eigenvalue weighted by molar-refractivity contribution is 7.92. The van der Waals surface area contributed by atoms with Gasteiger partial charge in [0.2, 0.25) is 5.91 Å². The molecule has 0 aliphatic rings. The first kappa shape index (κ1) is 25.4. The molecule has 5 N–H and O–H groups in total. The molecule has 3 aromatic rings. The monoisotopic (exact) mass is 494 g/mol. The molecule has 0 fully saturated rings. The minimum atomic E-state index is -3.79. The number of hydrogen-bond acceptors (Lipinski definition) is 5. The molecule has 0 atom stereocenters. The number of anilines is 2. The van der Waals surface area contributed by atoms with Crippen molar-refractivity contribution < 1.29 is 22.8 Å². The van der Waals surface area contributed by atoms with Crippen LogP contribution in [0.3, 0.4) is 0 Å². The molecule has 0 radical (unpaired) electrons. The Morgan fingerprint density at radius 1 is 0.857 bits per heavy atom. The van der Waals surface area contributed by atoms with Crippen LogP contribution in [0, 0.1) is 13.8 Å². The van der Waals surface area contributed by atoms with Gasteiger partial charge in [0, 0.05) is 24.2 Å². The van der Waals surface area contributed by atoms with Crippen LogP contribution in [0.1, 0.15) is 38.3 Å². The number of aryl methyl sites for hydroxylation is 2. The molecule has 0 unspecified atom stereocenters. The number of carbonyl (C=O) groups is 3. The molecule has 0 saturated heterocycles. The van der Waals surface area contributed by atoms with Gasteiger partial charge >= 0.3 is 0 Å². The van der Waals surface area contributed by atoms with Crippen molar-refractivity contribution in [1.29, 1.82) is 0 Å². The summed E-state index contributed by atoms with van der Waals surface area (Å²) >= 11 is 0. The van der Waals surface area contributed by atoms with E-state index >= 15 is 0 Å². The molecule has 0 aliphatic carbocycles. The van der Waals surface area contributed by atoms with Crippen molar-refractivity contribution in [3.05, 3.63) is 89.0 Å². The Bertz CT molecular complexity index is 1370. The third-order valence-electron chi connectivity index (χ3n) is 5.26. The highest BCUT2D eigenvalue weighted by atomic mass is 32.2. The lowest BCUT2D eigenvalue weighted by Crippen LogP contribution is -2.28. The van der Waals surface area contributed by atoms with Crippen LogP contribution in [0.15, 0.2) is 71.6 Å². The molecule has 9 nitrogen and oxygen atoms in total. The normalized spacial score (nSPS) is 10.9. The molecule has 35 heavy (non-hydrogen) atoms. The predicted molar refractivity (Wildman–Crippen MR) is 134 cm³/mol. The van der Waals surface area contributed by atoms with E-state index in [-0.39, 0.29) is 34.7 Å². The average molecular weight is 495 g/mol. The molecule has 0 heterocycles. The molecule has 182 valence electrons. The minimum absolute atomic E-state index is 0.000109. The third-order valence-corrected chi connectivity index (χ3v) is 6.64. The van der Waals surface area contributed by atoms with Crippen LogP contribution in [0.4, 0.5) is 11.4 Å². The zero-order valence-electron chi connectivity index (χ0n) is 19.3. The van der Waals surface area contributed by atoms with E-state index in [9.17, 15) is 22.8 Å². The fraction of sp³-hybridized carbons (Fsp3) is 0.160. The molecular weight excluding hydrogens is 468 g/mol. The van der Waals surface area contributed by atoms with Gasteiger partial charge in [0.05, 0.1) is 16.1 Å². The number of para-hydroxylation sites is 1. The van der Waals surface area contributed by atoms with Gasteiger partial charge in [-0.05, 0) is 73.5 Å². The fourth-order valence-corrected chi connectivity index (χ4v) is 4.31. The number of sulfonamides is 1. The maximum absolute atomic E-state index is 12.7. The minimum Gasteiger partial charge on any atom is -0.370 e. The molecule has 0 spiro atoms. The van der Waals surface area contributed by atoms with Crippen LogP contribution in [-0.2, 0) is 14.8 Å². The van der Waals surface area contributed by atoms with Gasteiger partial charge in [0.1, 0.15) is 0 Å². The molecular formula is C25H26N4O5S. The molecule has 3 aromatic carbocycles. The van der Waals surface area contributed by atoms with E-state index in [0.29, 0.717) is 5.69 Å². The molecule has 0 aromatic heterocycles. The second kappa shape index (κ2) is 10.8. The van der Waals surface area contributed by atoms with Gasteiger partial charge in [-0.15, -0.1) is 0 Å². The van der Waals surface area contributed by atoms with E-state index in [0.717, 1.165) is 11.1 Å². The third kappa shape index (κ3) is 6.67. The van der Waals surface area contributed by atoms with Gasteiger partial charge in [-0.1, -0.05) is 18.2 Å². The summed E-state index contributed by atoms with van der Waals surface area (Å²) in [5.41, 5.74) is 8.01. The zero-order valence-corrected chi connectivity index (χ0v) is 20.1. The summed E-state index contributed by atoms with van der Waals surface area (Å²) in [5, 5.41) is 5.26. The Morgan fingerprint density at radius 2 is 1.54 bits per heavy atom. The van der Waals surface area contributed by atoms with E-state index in [2.05, 4.69) is 15.4 Å². The standard InChI is InChI=1S/C25H26N4O5S/c1-16-7-12-20(15-17(16)2)35(33,34)29-19-10-8-18(9-11-19)24(31)28-22-6-4-3-5-21(22)25(32)27-14-13-23(26)30/h3-12,15,29H,13-14H2,1-2H3,(H2,26,30)(H,27,32)(H,28,31). The molecule has 0 aliphatic heterocycles. The SMILES string of the molecule is Cc1ccc(S(=O)(=O)Nc2ccc(C(=O)Nc3ccccc3C(=O)NCCC(N)=O)cc2)cc1C. The van der Waals surface area contributed by atoms with E-state index in [1.54, 1.807) is 36.4 Å². The summed E-state index contributed by atoms with van der Waals surface area (Å²) in [4.78, 5) is 36.2. The average Bonchev–Trinajstić information content (AvgIpc) is 2.81. The number of carbonyl (C=O) groups excluding carboxylic acids is 3. The first-order valence-electron chi connectivity index (χ1n) is 10.7. The summed E-state index contributed by atoms with van der Waals surface area (Å²) < 4.78 is 27.9. The van der Waals surface area contributed by atoms with Crippen LogP contribution in [0.2, 0.25) is 0 Å². The van der Waals surface area contributed by atoms with Crippen LogP contribution < -0.4 is 21.1 Å². The number of nitrogens with two attached hydrogens (primary N) is 1. The van der Waals surface area contributed by atoms with Gasteiger partial charge in [0.15, 0.2) is 0 Å². The number of amides is 3. The topological polar surface area (TPSA) is 147 Å². The van der Waals surface area contributed by atoms with Crippen LogP contribution in [-0.4, -0.2) is 32.7 Å². The van der Waals surface area contributed by atoms with Crippen LogP contribution >= 0.6 is 0 Å². The predicted octanol–water partition coefficient (Wildman–Crippen LogP) is 2.96. The lowest BCUT2D eigenvalue weighted by atomic mass is 10.1. The number of nitrogens with one attached hydrogen (secondary N) is 3. The van der Waals surface area contributed by atoms with Crippen molar-refractivity contribution >= 4 is 39.1 Å². The van der Waals surface area contributed by atoms with Gasteiger partial charge in [-0.2, -0.15) is 0 Å². The van der Waals surface area contributed by atoms with Crippen molar-refractivity contribution in [3.63, 3.8) is 0 Å². The second-order valence-corrected chi connectivity index (χ2v) is 9.58. The van der Waals surface area contributed by atoms with Crippen molar-refractivity contribution in [1.82, 2.24) is 5.32 Å². The van der Waals surface area contributed by atoms with Gasteiger partial charge in [-0.3, -0.25) is 19.1 Å². The van der Waals surface area contributed by atoms with Crippen LogP contribution in [0.25, 0.3) is 0 Å². The van der Waals surface area contributed by atoms with Gasteiger partial charge < -0.3 is 16.4 Å². The summed E-state index contributed by atoms with van der Waals surface area (Å²) in [6.07, 6.45) is -0.000109. The number of primary amides is 1. The fourth-order valence-electron chi connectivity index (χ4n) is 3.16. The quantitative estimate of drug-likeness (QED) is 0.361. The van der Waals surface area contributed by atoms with Gasteiger partial charge in [0.25, 0.3) is 21.8 Å². The number of hydrogen-bond donors (Lipinski definition) is 4. The Kier molecular flexibility index (Phi) is 7.87. The van der Waals surface area contributed by atoms with Gasteiger partial charge in [-0.25, -0.2) is 8.42 Å². The van der Waals surface area contributed by atoms with Crippen molar-refractivity contribution in [3.8, 4) is 0 Å². The van der Waals surface area contributed by atoms with Crippen molar-refractivity contribution in [2.45, 2.75) is 25.2 Å². The van der Waals surface area contributed by atoms with E-state index in [1.807, 2.05) is 13.8 Å². The lowest BCUT2D eigenvalue weighted by molar-refractivity contribution is -0.117. The lowest BCUT2D eigenvalue weighted by Gasteiger charge is -2.12. The van der Waals surface area contributed by atoms with E-state index in [1.165, 1.54) is 30.3 Å². The van der Waals surface area contributed by atoms with Crippen molar-refractivity contribution in [2.75, 3.05) is 16.6 Å². The summed E-state index contributed by atoms with van der Waals surface area (Å²) in [6, 6.07) is 17.2. The maximum Gasteiger partial charge on any atom is 0.261 e. The molecule has 10 heteroatoms. The zero-order chi connectivity index (χ0) is 25.6. The highest BCUT2D eigenvalue weighted by Gasteiger charge is 2.17. The molecule has 0 saturated carbocycles. The molecule has 0 bridgehead atoms. The number of rotatable bonds is 9. The first-order valence-corrected chi connectivity index (χ1v) is 12.2. The highest BCUT2D eigenvalue weighted by Crippen LogP contribution is 2.20. The maximum atomic E-state index is 12.7. The Balaban J connectivity index is 1.69. The summed E-state index contributed by atoms with van der Waals surface area (Å²) in [6.45, 7) is 3.82. The summed E-state index contributed by atoms with van der Waals surface area (Å²) in [5.74, 6) is -1.48. The Morgan fingerprint density at radius 3 is 2.20 bits per heavy atom. The Hall–Kier alpha value is -4.18. The molecule has 3 rings (SSSR count). The largest absolute Gasteiger partial charge is 0.370 e. The molecule has 3 amide bonds. The van der Waals surface area contributed by atoms with E-state index in [4.69, 9.17) is 5.73 Å². The summed E-state index contributed by atoms with van der Waals surface area (Å²) in [7, 11) is -3.79. The Labute approximate surface area is 203 Å².